The quantitative estimate of drug-likeness (QED) is 0.442. The van der Waals surface area contributed by atoms with Crippen LogP contribution in [0.4, 0.5) is 17.6 Å². The molecule has 0 bridgehead atoms. The van der Waals surface area contributed by atoms with Gasteiger partial charge in [0.2, 0.25) is 0 Å². The summed E-state index contributed by atoms with van der Waals surface area (Å²) in [5.41, 5.74) is 0. The Labute approximate surface area is 114 Å². The highest BCUT2D eigenvalue weighted by Crippen LogP contribution is 2.38. The molecule has 2 atom stereocenters. The smallest absolute Gasteiger partial charge is 0.435 e. The summed E-state index contributed by atoms with van der Waals surface area (Å²) in [6.07, 6.45) is 0.536. The molecule has 0 fully saturated rings. The van der Waals surface area contributed by atoms with Crippen molar-refractivity contribution < 1.29 is 40.1 Å². The van der Waals surface area contributed by atoms with Gasteiger partial charge in [-0.1, -0.05) is 27.2 Å². The van der Waals surface area contributed by atoms with Crippen LogP contribution in [0.5, 0.6) is 0 Å². The Hall–Kier alpha value is -0.900. The number of carbonyl (C=O) groups is 1. The zero-order valence-electron chi connectivity index (χ0n) is 11.1. The van der Waals surface area contributed by atoms with Gasteiger partial charge in [0.05, 0.1) is 5.92 Å². The summed E-state index contributed by atoms with van der Waals surface area (Å²) in [5.74, 6) is -7.41. The molecular formula is C10H16F4O5S. The molecule has 0 heterocycles. The molecule has 0 spiro atoms. The monoisotopic (exact) mass is 324 g/mol. The number of alkyl halides is 4. The number of halogens is 4. The second kappa shape index (κ2) is 6.25. The summed E-state index contributed by atoms with van der Waals surface area (Å²) in [6, 6.07) is 0. The van der Waals surface area contributed by atoms with Crippen molar-refractivity contribution in [3.05, 3.63) is 0 Å². The topological polar surface area (TPSA) is 80.7 Å². The lowest BCUT2D eigenvalue weighted by molar-refractivity contribution is -0.199. The van der Waals surface area contributed by atoms with Gasteiger partial charge in [-0.15, -0.1) is 0 Å². The van der Waals surface area contributed by atoms with E-state index in [1.807, 2.05) is 0 Å². The Morgan fingerprint density at radius 2 is 1.70 bits per heavy atom. The lowest BCUT2D eigenvalue weighted by Gasteiger charge is -2.24. The lowest BCUT2D eigenvalue weighted by Crippen LogP contribution is -2.50. The summed E-state index contributed by atoms with van der Waals surface area (Å²) in [5, 5.41) is -5.74. The Morgan fingerprint density at radius 3 is 2.05 bits per heavy atom. The van der Waals surface area contributed by atoms with E-state index in [0.29, 0.717) is 6.42 Å². The number of rotatable bonds is 7. The van der Waals surface area contributed by atoms with E-state index >= 15 is 0 Å². The van der Waals surface area contributed by atoms with Crippen molar-refractivity contribution in [3.8, 4) is 0 Å². The predicted molar refractivity (Wildman–Crippen MR) is 61.0 cm³/mol. The molecule has 0 amide bonds. The maximum absolute atomic E-state index is 13.0. The highest BCUT2D eigenvalue weighted by atomic mass is 32.2. The molecule has 120 valence electrons. The van der Waals surface area contributed by atoms with Gasteiger partial charge in [-0.05, 0) is 5.92 Å². The molecule has 1 unspecified atom stereocenters. The molecule has 20 heavy (non-hydrogen) atoms. The van der Waals surface area contributed by atoms with Gasteiger partial charge < -0.3 is 4.74 Å². The van der Waals surface area contributed by atoms with E-state index in [1.54, 1.807) is 13.8 Å². The molecule has 5 nitrogen and oxygen atoms in total. The first kappa shape index (κ1) is 19.1. The highest BCUT2D eigenvalue weighted by Gasteiger charge is 2.66. The molecule has 0 aromatic carbocycles. The van der Waals surface area contributed by atoms with Crippen molar-refractivity contribution in [2.75, 3.05) is 6.61 Å². The summed E-state index contributed by atoms with van der Waals surface area (Å²) in [7, 11) is -6.32. The van der Waals surface area contributed by atoms with Gasteiger partial charge in [0.1, 0.15) is 0 Å². The Balaban J connectivity index is 4.86. The van der Waals surface area contributed by atoms with Gasteiger partial charge >= 0.3 is 27.3 Å². The standard InChI is InChI=1S/C10H16F4O5S/c1-4-6(2)7(3)8(15)19-5-9(11,12)10(13,14)20(16,17)18/h6-7H,4-5H2,1-3H3,(H,16,17,18)/t6?,7-/m0/s1. The van der Waals surface area contributed by atoms with Crippen LogP contribution in [-0.2, 0) is 19.6 Å². The molecule has 0 radical (unpaired) electrons. The molecule has 0 aliphatic heterocycles. The molecular weight excluding hydrogens is 308 g/mol. The average Bonchev–Trinajstić information content (AvgIpc) is 2.32. The van der Waals surface area contributed by atoms with Crippen molar-refractivity contribution >= 4 is 16.1 Å². The minimum Gasteiger partial charge on any atom is -0.459 e. The number of esters is 1. The molecule has 0 rings (SSSR count). The summed E-state index contributed by atoms with van der Waals surface area (Å²) in [6.45, 7) is 2.60. The van der Waals surface area contributed by atoms with Crippen molar-refractivity contribution in [1.82, 2.24) is 0 Å². The molecule has 10 heteroatoms. The number of hydrogen-bond acceptors (Lipinski definition) is 4. The van der Waals surface area contributed by atoms with E-state index in [1.165, 1.54) is 6.92 Å². The third-order valence-electron chi connectivity index (χ3n) is 3.01. The van der Waals surface area contributed by atoms with Crippen molar-refractivity contribution in [2.24, 2.45) is 11.8 Å². The lowest BCUT2D eigenvalue weighted by atomic mass is 9.94. The van der Waals surface area contributed by atoms with Gasteiger partial charge in [-0.2, -0.15) is 26.0 Å². The van der Waals surface area contributed by atoms with E-state index in [9.17, 15) is 30.8 Å². The second-order valence-corrected chi connectivity index (χ2v) is 5.94. The van der Waals surface area contributed by atoms with Gasteiger partial charge in [-0.25, -0.2) is 0 Å². The fraction of sp³-hybridized carbons (Fsp3) is 0.900. The maximum atomic E-state index is 13.0. The third kappa shape index (κ3) is 4.05. The van der Waals surface area contributed by atoms with Gasteiger partial charge in [0.25, 0.3) is 0 Å². The zero-order chi connectivity index (χ0) is 16.4. The number of carbonyl (C=O) groups excluding carboxylic acids is 1. The Morgan fingerprint density at radius 1 is 1.25 bits per heavy atom. The van der Waals surface area contributed by atoms with Crippen LogP contribution >= 0.6 is 0 Å². The first-order valence-corrected chi connectivity index (χ1v) is 7.11. The second-order valence-electron chi connectivity index (χ2n) is 4.48. The SMILES string of the molecule is CCC(C)[C@H](C)C(=O)OCC(F)(F)C(F)(F)S(=O)(=O)O. The Kier molecular flexibility index (Phi) is 5.97. The maximum Gasteiger partial charge on any atom is 0.435 e. The van der Waals surface area contributed by atoms with Crippen molar-refractivity contribution in [3.63, 3.8) is 0 Å². The highest BCUT2D eigenvalue weighted by molar-refractivity contribution is 7.87. The average molecular weight is 324 g/mol. The van der Waals surface area contributed by atoms with E-state index in [2.05, 4.69) is 4.74 Å². The molecule has 0 saturated carbocycles. The van der Waals surface area contributed by atoms with Gasteiger partial charge in [-0.3, -0.25) is 9.35 Å². The molecule has 1 N–H and O–H groups in total. The van der Waals surface area contributed by atoms with Gasteiger partial charge in [0.15, 0.2) is 6.61 Å². The van der Waals surface area contributed by atoms with Crippen LogP contribution in [0.3, 0.4) is 0 Å². The van der Waals surface area contributed by atoms with Crippen LogP contribution in [0.1, 0.15) is 27.2 Å². The molecule has 0 saturated heterocycles. The van der Waals surface area contributed by atoms with Crippen molar-refractivity contribution in [1.29, 1.82) is 0 Å². The minimum atomic E-state index is -6.32. The normalized spacial score (nSPS) is 16.6. The molecule has 0 aromatic heterocycles. The molecule has 0 aliphatic rings. The van der Waals surface area contributed by atoms with Crippen LogP contribution < -0.4 is 0 Å². The number of hydrogen-bond donors (Lipinski definition) is 1. The largest absolute Gasteiger partial charge is 0.459 e. The van der Waals surface area contributed by atoms with E-state index < -0.39 is 39.8 Å². The van der Waals surface area contributed by atoms with Crippen LogP contribution in [0, 0.1) is 11.8 Å². The minimum absolute atomic E-state index is 0.224. The van der Waals surface area contributed by atoms with Crippen LogP contribution in [0.25, 0.3) is 0 Å². The molecule has 0 aromatic rings. The van der Waals surface area contributed by atoms with Crippen molar-refractivity contribution in [2.45, 2.75) is 38.4 Å². The third-order valence-corrected chi connectivity index (χ3v) is 3.96. The summed E-state index contributed by atoms with van der Waals surface area (Å²) in [4.78, 5) is 11.4. The summed E-state index contributed by atoms with van der Waals surface area (Å²) < 4.78 is 84.2. The predicted octanol–water partition coefficient (Wildman–Crippen LogP) is 2.33. The fourth-order valence-corrected chi connectivity index (χ4v) is 1.59. The zero-order valence-corrected chi connectivity index (χ0v) is 11.9. The first-order valence-electron chi connectivity index (χ1n) is 5.67. The fourth-order valence-electron chi connectivity index (χ4n) is 1.15. The first-order chi connectivity index (χ1) is 8.78. The number of ether oxygens (including phenoxy) is 1. The van der Waals surface area contributed by atoms with E-state index in [0.717, 1.165) is 0 Å². The molecule has 0 aliphatic carbocycles. The van der Waals surface area contributed by atoms with Crippen LogP contribution in [0.15, 0.2) is 0 Å². The van der Waals surface area contributed by atoms with E-state index in [4.69, 9.17) is 4.55 Å². The van der Waals surface area contributed by atoms with Gasteiger partial charge in [0, 0.05) is 0 Å². The summed E-state index contributed by atoms with van der Waals surface area (Å²) >= 11 is 0. The van der Waals surface area contributed by atoms with E-state index in [-0.39, 0.29) is 5.92 Å². The Bertz CT molecular complexity index is 449. The van der Waals surface area contributed by atoms with Crippen LogP contribution in [0.2, 0.25) is 0 Å². The van der Waals surface area contributed by atoms with Crippen LogP contribution in [-0.4, -0.2) is 36.7 Å².